The highest BCUT2D eigenvalue weighted by Crippen LogP contribution is 2.33. The Bertz CT molecular complexity index is 722. The van der Waals surface area contributed by atoms with Crippen molar-refractivity contribution in [2.75, 3.05) is 0 Å². The predicted octanol–water partition coefficient (Wildman–Crippen LogP) is 4.26. The third kappa shape index (κ3) is 2.40. The van der Waals surface area contributed by atoms with Gasteiger partial charge >= 0.3 is 0 Å². The fraction of sp³-hybridized carbons (Fsp3) is 0.0625. The third-order valence-electron chi connectivity index (χ3n) is 3.08. The second kappa shape index (κ2) is 5.61. The second-order valence-corrected chi connectivity index (χ2v) is 5.29. The first-order chi connectivity index (χ1) is 9.79. The maximum Gasteiger partial charge on any atom is 0.173 e. The van der Waals surface area contributed by atoms with E-state index in [0.29, 0.717) is 17.0 Å². The van der Waals surface area contributed by atoms with Crippen molar-refractivity contribution < 1.29 is 9.63 Å². The Kier molecular flexibility index (Phi) is 3.67. The van der Waals surface area contributed by atoms with E-state index in [4.69, 9.17) is 4.52 Å². The Hall–Kier alpha value is -1.91. The van der Waals surface area contributed by atoms with E-state index in [1.807, 2.05) is 54.6 Å². The molecule has 20 heavy (non-hydrogen) atoms. The summed E-state index contributed by atoms with van der Waals surface area (Å²) in [6.07, 6.45) is 0. The summed E-state index contributed by atoms with van der Waals surface area (Å²) in [5, 5.41) is 13.8. The van der Waals surface area contributed by atoms with E-state index in [9.17, 15) is 5.11 Å². The van der Waals surface area contributed by atoms with Crippen molar-refractivity contribution in [3.63, 3.8) is 0 Å². The van der Waals surface area contributed by atoms with Crippen LogP contribution < -0.4 is 0 Å². The molecule has 0 unspecified atom stereocenters. The molecule has 0 bridgehead atoms. The molecule has 0 aliphatic heterocycles. The topological polar surface area (TPSA) is 46.3 Å². The van der Waals surface area contributed by atoms with Crippen molar-refractivity contribution in [2.45, 2.75) is 6.61 Å². The number of benzene rings is 2. The van der Waals surface area contributed by atoms with Gasteiger partial charge in [-0.05, 0) is 12.1 Å². The largest absolute Gasteiger partial charge is 0.391 e. The van der Waals surface area contributed by atoms with Crippen molar-refractivity contribution in [1.82, 2.24) is 5.16 Å². The molecule has 1 aromatic heterocycles. The minimum atomic E-state index is -0.116. The summed E-state index contributed by atoms with van der Waals surface area (Å²) in [4.78, 5) is 0. The van der Waals surface area contributed by atoms with Crippen molar-refractivity contribution in [2.24, 2.45) is 0 Å². The first-order valence-electron chi connectivity index (χ1n) is 6.20. The molecule has 1 N–H and O–H groups in total. The lowest BCUT2D eigenvalue weighted by Crippen LogP contribution is -1.89. The van der Waals surface area contributed by atoms with Crippen LogP contribution in [0.2, 0.25) is 0 Å². The highest BCUT2D eigenvalue weighted by Gasteiger charge is 2.18. The monoisotopic (exact) mass is 329 g/mol. The Labute approximate surface area is 125 Å². The molecule has 3 rings (SSSR count). The Morgan fingerprint density at radius 1 is 1.00 bits per heavy atom. The number of aliphatic hydroxyl groups is 1. The van der Waals surface area contributed by atoms with E-state index in [0.717, 1.165) is 15.6 Å². The first kappa shape index (κ1) is 13.1. The molecule has 3 aromatic rings. The van der Waals surface area contributed by atoms with Gasteiger partial charge in [0.2, 0.25) is 0 Å². The summed E-state index contributed by atoms with van der Waals surface area (Å²) < 4.78 is 6.40. The molecule has 0 aliphatic rings. The SMILES string of the molecule is OCc1c(-c2cccc(Br)c2)noc1-c1ccccc1. The average molecular weight is 330 g/mol. The molecule has 0 fully saturated rings. The normalized spacial score (nSPS) is 10.7. The molecule has 0 radical (unpaired) electrons. The zero-order valence-electron chi connectivity index (χ0n) is 10.6. The first-order valence-corrected chi connectivity index (χ1v) is 6.99. The Morgan fingerprint density at radius 3 is 2.45 bits per heavy atom. The van der Waals surface area contributed by atoms with Crippen LogP contribution in [0.15, 0.2) is 63.6 Å². The van der Waals surface area contributed by atoms with Gasteiger partial charge in [0.15, 0.2) is 5.76 Å². The molecule has 100 valence electrons. The van der Waals surface area contributed by atoms with Gasteiger partial charge in [0.1, 0.15) is 5.69 Å². The molecular weight excluding hydrogens is 318 g/mol. The lowest BCUT2D eigenvalue weighted by molar-refractivity contribution is 0.281. The smallest absolute Gasteiger partial charge is 0.173 e. The number of aliphatic hydroxyl groups excluding tert-OH is 1. The number of hydrogen-bond donors (Lipinski definition) is 1. The fourth-order valence-electron chi connectivity index (χ4n) is 2.13. The molecule has 2 aromatic carbocycles. The molecule has 0 aliphatic carbocycles. The fourth-order valence-corrected chi connectivity index (χ4v) is 2.53. The molecule has 0 spiro atoms. The minimum Gasteiger partial charge on any atom is -0.391 e. The minimum absolute atomic E-state index is 0.116. The lowest BCUT2D eigenvalue weighted by Gasteiger charge is -2.01. The van der Waals surface area contributed by atoms with Gasteiger partial charge in [-0.3, -0.25) is 0 Å². The lowest BCUT2D eigenvalue weighted by atomic mass is 10.0. The number of hydrogen-bond acceptors (Lipinski definition) is 3. The Morgan fingerprint density at radius 2 is 1.75 bits per heavy atom. The van der Waals surface area contributed by atoms with Gasteiger partial charge in [-0.15, -0.1) is 0 Å². The van der Waals surface area contributed by atoms with Crippen molar-refractivity contribution in [1.29, 1.82) is 0 Å². The summed E-state index contributed by atoms with van der Waals surface area (Å²) in [5.41, 5.74) is 3.20. The summed E-state index contributed by atoms with van der Waals surface area (Å²) in [6, 6.07) is 17.4. The summed E-state index contributed by atoms with van der Waals surface area (Å²) in [6.45, 7) is -0.116. The van der Waals surface area contributed by atoms with Crippen LogP contribution in [0.25, 0.3) is 22.6 Å². The molecule has 4 heteroatoms. The van der Waals surface area contributed by atoms with E-state index < -0.39 is 0 Å². The molecule has 1 heterocycles. The summed E-state index contributed by atoms with van der Waals surface area (Å²) >= 11 is 3.44. The zero-order valence-corrected chi connectivity index (χ0v) is 12.2. The standard InChI is InChI=1S/C16H12BrNO2/c17-13-8-4-7-12(9-13)15-14(10-19)16(20-18-15)11-5-2-1-3-6-11/h1-9,19H,10H2. The molecule has 3 nitrogen and oxygen atoms in total. The molecular formula is C16H12BrNO2. The van der Waals surface area contributed by atoms with E-state index in [-0.39, 0.29) is 6.61 Å². The van der Waals surface area contributed by atoms with Gasteiger partial charge in [0.05, 0.1) is 12.2 Å². The average Bonchev–Trinajstić information content (AvgIpc) is 2.92. The van der Waals surface area contributed by atoms with Crippen molar-refractivity contribution in [3.05, 3.63) is 64.6 Å². The molecule has 0 saturated heterocycles. The highest BCUT2D eigenvalue weighted by atomic mass is 79.9. The quantitative estimate of drug-likeness (QED) is 0.780. The summed E-state index contributed by atoms with van der Waals surface area (Å²) in [5.74, 6) is 0.614. The summed E-state index contributed by atoms with van der Waals surface area (Å²) in [7, 11) is 0. The molecule has 0 amide bonds. The van der Waals surface area contributed by atoms with E-state index >= 15 is 0 Å². The highest BCUT2D eigenvalue weighted by molar-refractivity contribution is 9.10. The van der Waals surface area contributed by atoms with Crippen LogP contribution >= 0.6 is 15.9 Å². The maximum absolute atomic E-state index is 9.67. The van der Waals surface area contributed by atoms with Crippen LogP contribution in [-0.2, 0) is 6.61 Å². The number of halogens is 1. The van der Waals surface area contributed by atoms with Gasteiger partial charge in [0, 0.05) is 15.6 Å². The number of nitrogens with zero attached hydrogens (tertiary/aromatic N) is 1. The van der Waals surface area contributed by atoms with Gasteiger partial charge < -0.3 is 9.63 Å². The van der Waals surface area contributed by atoms with Crippen LogP contribution in [0.4, 0.5) is 0 Å². The Balaban J connectivity index is 2.13. The molecule has 0 atom stereocenters. The maximum atomic E-state index is 9.67. The van der Waals surface area contributed by atoms with Gasteiger partial charge in [-0.2, -0.15) is 0 Å². The predicted molar refractivity (Wildman–Crippen MR) is 81.0 cm³/mol. The number of aromatic nitrogens is 1. The number of rotatable bonds is 3. The van der Waals surface area contributed by atoms with Crippen LogP contribution in [-0.4, -0.2) is 10.3 Å². The van der Waals surface area contributed by atoms with Crippen LogP contribution in [0.5, 0.6) is 0 Å². The van der Waals surface area contributed by atoms with Crippen molar-refractivity contribution >= 4 is 15.9 Å². The van der Waals surface area contributed by atoms with Crippen LogP contribution in [0, 0.1) is 0 Å². The van der Waals surface area contributed by atoms with Crippen molar-refractivity contribution in [3.8, 4) is 22.6 Å². The van der Waals surface area contributed by atoms with Gasteiger partial charge in [-0.1, -0.05) is 63.6 Å². The van der Waals surface area contributed by atoms with E-state index in [1.54, 1.807) is 0 Å². The molecule has 0 saturated carbocycles. The van der Waals surface area contributed by atoms with Crippen LogP contribution in [0.3, 0.4) is 0 Å². The van der Waals surface area contributed by atoms with Crippen LogP contribution in [0.1, 0.15) is 5.56 Å². The third-order valence-corrected chi connectivity index (χ3v) is 3.57. The van der Waals surface area contributed by atoms with E-state index in [1.165, 1.54) is 0 Å². The second-order valence-electron chi connectivity index (χ2n) is 4.37. The zero-order chi connectivity index (χ0) is 13.9. The van der Waals surface area contributed by atoms with E-state index in [2.05, 4.69) is 21.1 Å². The van der Waals surface area contributed by atoms with Gasteiger partial charge in [-0.25, -0.2) is 0 Å². The van der Waals surface area contributed by atoms with Gasteiger partial charge in [0.25, 0.3) is 0 Å².